The second-order valence-electron chi connectivity index (χ2n) is 7.45. The molecule has 0 atom stereocenters. The van der Waals surface area contributed by atoms with Crippen molar-refractivity contribution in [2.45, 2.75) is 31.6 Å². The van der Waals surface area contributed by atoms with Crippen molar-refractivity contribution in [2.75, 3.05) is 43.0 Å². The van der Waals surface area contributed by atoms with E-state index in [1.165, 1.54) is 28.7 Å². The topological polar surface area (TPSA) is 109 Å². The van der Waals surface area contributed by atoms with E-state index in [9.17, 15) is 18.0 Å². The highest BCUT2D eigenvalue weighted by Gasteiger charge is 2.27. The highest BCUT2D eigenvalue weighted by Crippen LogP contribution is 2.29. The zero-order chi connectivity index (χ0) is 24.0. The van der Waals surface area contributed by atoms with Crippen molar-refractivity contribution < 1.29 is 22.7 Å². The molecule has 1 aromatic heterocycles. The Balaban J connectivity index is 1.81. The van der Waals surface area contributed by atoms with E-state index in [2.05, 4.69) is 10.3 Å². The van der Waals surface area contributed by atoms with Gasteiger partial charge in [-0.1, -0.05) is 25.4 Å². The number of carbonyl (C=O) groups is 2. The highest BCUT2D eigenvalue weighted by molar-refractivity contribution is 7.89. The molecule has 1 aliphatic heterocycles. The van der Waals surface area contributed by atoms with Gasteiger partial charge in [-0.05, 0) is 43.2 Å². The maximum atomic E-state index is 13.0. The standard InChI is InChI=1S/C22H27ClN4O5S/c1-3-27(4-2)33(30,31)17-8-9-19(26-11-5-6-12-26)18(13-17)22(29)32-15-21(28)25-20-10-7-16(23)14-24-20/h7-10,13-14H,3-6,11-12,15H2,1-2H3,(H,24,25,28). The van der Waals surface area contributed by atoms with E-state index in [-0.39, 0.29) is 16.3 Å². The van der Waals surface area contributed by atoms with Crippen LogP contribution in [0.3, 0.4) is 0 Å². The number of pyridine rings is 1. The predicted octanol–water partition coefficient (Wildman–Crippen LogP) is 3.16. The number of sulfonamides is 1. The minimum atomic E-state index is -3.76. The van der Waals surface area contributed by atoms with E-state index in [4.69, 9.17) is 16.3 Å². The zero-order valence-electron chi connectivity index (χ0n) is 18.6. The van der Waals surface area contributed by atoms with Crippen LogP contribution in [0.25, 0.3) is 0 Å². The molecule has 0 aliphatic carbocycles. The number of hydrogen-bond acceptors (Lipinski definition) is 7. The normalized spacial score (nSPS) is 13.9. The minimum Gasteiger partial charge on any atom is -0.452 e. The number of benzene rings is 1. The molecule has 1 aromatic carbocycles. The second-order valence-corrected chi connectivity index (χ2v) is 9.82. The number of nitrogens with one attached hydrogen (secondary N) is 1. The number of hydrogen-bond donors (Lipinski definition) is 1. The molecular weight excluding hydrogens is 468 g/mol. The maximum absolute atomic E-state index is 13.0. The Labute approximate surface area is 198 Å². The fourth-order valence-electron chi connectivity index (χ4n) is 3.62. The van der Waals surface area contributed by atoms with Gasteiger partial charge in [-0.3, -0.25) is 4.79 Å². The van der Waals surface area contributed by atoms with E-state index in [0.29, 0.717) is 23.8 Å². The van der Waals surface area contributed by atoms with Crippen molar-refractivity contribution in [3.63, 3.8) is 0 Å². The highest BCUT2D eigenvalue weighted by atomic mass is 35.5. The van der Waals surface area contributed by atoms with Crippen LogP contribution in [0.15, 0.2) is 41.4 Å². The number of ether oxygens (including phenoxy) is 1. The lowest BCUT2D eigenvalue weighted by atomic mass is 10.1. The predicted molar refractivity (Wildman–Crippen MR) is 126 cm³/mol. The molecule has 1 amide bonds. The molecule has 178 valence electrons. The van der Waals surface area contributed by atoms with Gasteiger partial charge in [-0.25, -0.2) is 18.2 Å². The van der Waals surface area contributed by atoms with Gasteiger partial charge < -0.3 is 15.0 Å². The Kier molecular flexibility index (Phi) is 8.28. The molecule has 33 heavy (non-hydrogen) atoms. The van der Waals surface area contributed by atoms with Crippen LogP contribution in [0.4, 0.5) is 11.5 Å². The molecular formula is C22H27ClN4O5S. The van der Waals surface area contributed by atoms with Crippen LogP contribution < -0.4 is 10.2 Å². The van der Waals surface area contributed by atoms with Crippen molar-refractivity contribution in [1.82, 2.24) is 9.29 Å². The smallest absolute Gasteiger partial charge is 0.340 e. The molecule has 2 heterocycles. The Morgan fingerprint density at radius 1 is 1.15 bits per heavy atom. The van der Waals surface area contributed by atoms with Gasteiger partial charge in [0.05, 0.1) is 21.2 Å². The number of rotatable bonds is 9. The Bertz CT molecular complexity index is 1100. The number of carbonyl (C=O) groups excluding carboxylic acids is 2. The minimum absolute atomic E-state index is 0.0101. The lowest BCUT2D eigenvalue weighted by molar-refractivity contribution is -0.119. The van der Waals surface area contributed by atoms with Gasteiger partial charge in [-0.2, -0.15) is 4.31 Å². The van der Waals surface area contributed by atoms with Crippen LogP contribution in [0.5, 0.6) is 0 Å². The summed E-state index contributed by atoms with van der Waals surface area (Å²) in [7, 11) is -3.76. The third-order valence-electron chi connectivity index (χ3n) is 5.31. The maximum Gasteiger partial charge on any atom is 0.340 e. The largest absolute Gasteiger partial charge is 0.452 e. The van der Waals surface area contributed by atoms with Gasteiger partial charge >= 0.3 is 5.97 Å². The number of aromatic nitrogens is 1. The lowest BCUT2D eigenvalue weighted by Gasteiger charge is -2.23. The molecule has 0 saturated carbocycles. The van der Waals surface area contributed by atoms with Crippen molar-refractivity contribution in [2.24, 2.45) is 0 Å². The average Bonchev–Trinajstić information content (AvgIpc) is 3.34. The lowest BCUT2D eigenvalue weighted by Crippen LogP contribution is -2.31. The molecule has 2 aromatic rings. The molecule has 0 unspecified atom stereocenters. The van der Waals surface area contributed by atoms with Crippen LogP contribution in [0, 0.1) is 0 Å². The van der Waals surface area contributed by atoms with E-state index < -0.39 is 28.5 Å². The van der Waals surface area contributed by atoms with Gasteiger partial charge in [0, 0.05) is 32.4 Å². The summed E-state index contributed by atoms with van der Waals surface area (Å²) in [4.78, 5) is 31.1. The summed E-state index contributed by atoms with van der Waals surface area (Å²) in [6.07, 6.45) is 3.34. The molecule has 1 fully saturated rings. The van der Waals surface area contributed by atoms with Gasteiger partial charge in [0.1, 0.15) is 5.82 Å². The first kappa shape index (κ1) is 24.9. The van der Waals surface area contributed by atoms with Crippen LogP contribution in [0.2, 0.25) is 5.02 Å². The van der Waals surface area contributed by atoms with Crippen LogP contribution >= 0.6 is 11.6 Å². The van der Waals surface area contributed by atoms with E-state index >= 15 is 0 Å². The molecule has 0 radical (unpaired) electrons. The first-order chi connectivity index (χ1) is 15.8. The van der Waals surface area contributed by atoms with Crippen molar-refractivity contribution in [3.05, 3.63) is 47.1 Å². The van der Waals surface area contributed by atoms with Crippen molar-refractivity contribution in [3.8, 4) is 0 Å². The van der Waals surface area contributed by atoms with Crippen LogP contribution in [-0.4, -0.2) is 62.4 Å². The zero-order valence-corrected chi connectivity index (χ0v) is 20.2. The van der Waals surface area contributed by atoms with Gasteiger partial charge in [-0.15, -0.1) is 0 Å². The summed E-state index contributed by atoms with van der Waals surface area (Å²) in [6, 6.07) is 7.57. The number of nitrogens with zero attached hydrogens (tertiary/aromatic N) is 3. The second kappa shape index (κ2) is 11.0. The molecule has 11 heteroatoms. The first-order valence-electron chi connectivity index (χ1n) is 10.7. The SMILES string of the molecule is CCN(CC)S(=O)(=O)c1ccc(N2CCCC2)c(C(=O)OCC(=O)Nc2ccc(Cl)cn2)c1. The van der Waals surface area contributed by atoms with Crippen LogP contribution in [-0.2, 0) is 19.6 Å². The molecule has 3 rings (SSSR count). The summed E-state index contributed by atoms with van der Waals surface area (Å²) in [6.45, 7) is 5.09. The Morgan fingerprint density at radius 3 is 2.45 bits per heavy atom. The summed E-state index contributed by atoms with van der Waals surface area (Å²) >= 11 is 5.78. The van der Waals surface area contributed by atoms with Gasteiger partial charge in [0.25, 0.3) is 5.91 Å². The molecule has 0 spiro atoms. The van der Waals surface area contributed by atoms with E-state index in [0.717, 1.165) is 25.9 Å². The average molecular weight is 495 g/mol. The summed E-state index contributed by atoms with van der Waals surface area (Å²) in [5.41, 5.74) is 0.707. The molecule has 9 nitrogen and oxygen atoms in total. The van der Waals surface area contributed by atoms with E-state index in [1.54, 1.807) is 26.0 Å². The van der Waals surface area contributed by atoms with Crippen LogP contribution in [0.1, 0.15) is 37.0 Å². The number of halogens is 1. The van der Waals surface area contributed by atoms with Gasteiger partial charge in [0.2, 0.25) is 10.0 Å². The Morgan fingerprint density at radius 2 is 1.85 bits per heavy atom. The summed E-state index contributed by atoms with van der Waals surface area (Å²) in [5.74, 6) is -1.08. The molecule has 0 bridgehead atoms. The fourth-order valence-corrected chi connectivity index (χ4v) is 5.22. The fraction of sp³-hybridized carbons (Fsp3) is 0.409. The summed E-state index contributed by atoms with van der Waals surface area (Å²) in [5, 5.41) is 2.94. The quantitative estimate of drug-likeness (QED) is 0.533. The van der Waals surface area contributed by atoms with Crippen molar-refractivity contribution >= 4 is 45.0 Å². The Hall–Kier alpha value is -2.69. The monoisotopic (exact) mass is 494 g/mol. The third kappa shape index (κ3) is 6.01. The first-order valence-corrected chi connectivity index (χ1v) is 12.6. The molecule has 1 aliphatic rings. The third-order valence-corrected chi connectivity index (χ3v) is 7.58. The van der Waals surface area contributed by atoms with Crippen molar-refractivity contribution in [1.29, 1.82) is 0 Å². The van der Waals surface area contributed by atoms with E-state index in [1.807, 2.05) is 4.90 Å². The number of anilines is 2. The number of amides is 1. The number of esters is 1. The molecule has 1 N–H and O–H groups in total. The van der Waals surface area contributed by atoms with Gasteiger partial charge in [0.15, 0.2) is 6.61 Å². The summed E-state index contributed by atoms with van der Waals surface area (Å²) < 4.78 is 32.5. The molecule has 1 saturated heterocycles.